The van der Waals surface area contributed by atoms with E-state index in [2.05, 4.69) is 11.8 Å². The molecule has 18 heavy (non-hydrogen) atoms. The van der Waals surface area contributed by atoms with Gasteiger partial charge in [-0.25, -0.2) is 8.42 Å². The molecule has 1 aliphatic rings. The first-order valence-corrected chi connectivity index (χ1v) is 7.37. The van der Waals surface area contributed by atoms with Crippen molar-refractivity contribution in [3.63, 3.8) is 0 Å². The van der Waals surface area contributed by atoms with Crippen molar-refractivity contribution in [3.05, 3.63) is 0 Å². The molecular formula is C12H16N2O3S. The molecule has 0 saturated carbocycles. The maximum Gasteiger partial charge on any atom is 0.241 e. The first-order valence-electron chi connectivity index (χ1n) is 5.54. The predicted octanol–water partition coefficient (Wildman–Crippen LogP) is -1.01. The van der Waals surface area contributed by atoms with Crippen LogP contribution in [-0.4, -0.2) is 49.4 Å². The highest BCUT2D eigenvalue weighted by Gasteiger charge is 2.35. The predicted molar refractivity (Wildman–Crippen MR) is 69.0 cm³/mol. The summed E-state index contributed by atoms with van der Waals surface area (Å²) in [6, 6.07) is -1.21. The van der Waals surface area contributed by atoms with E-state index in [0.717, 1.165) is 0 Å². The summed E-state index contributed by atoms with van der Waals surface area (Å²) in [5, 5.41) is 0. The van der Waals surface area contributed by atoms with E-state index in [1.165, 1.54) is 4.90 Å². The van der Waals surface area contributed by atoms with Gasteiger partial charge in [-0.05, 0) is 6.42 Å². The van der Waals surface area contributed by atoms with Gasteiger partial charge in [-0.3, -0.25) is 4.79 Å². The molecule has 2 N–H and O–H groups in total. The molecule has 2 atom stereocenters. The van der Waals surface area contributed by atoms with Gasteiger partial charge in [0, 0.05) is 12.5 Å². The Labute approximate surface area is 108 Å². The monoisotopic (exact) mass is 268 g/mol. The lowest BCUT2D eigenvalue weighted by atomic mass is 10.1. The van der Waals surface area contributed by atoms with Gasteiger partial charge in [0.2, 0.25) is 5.91 Å². The summed E-state index contributed by atoms with van der Waals surface area (Å²) in [5.41, 5.74) is 5.64. The fraction of sp³-hybridized carbons (Fsp3) is 0.583. The standard InChI is InChI=1S/C12H16N2O3S/c1-3-5-11(13)12(15)14(7-4-2)10-6-8-18(16,17)9-10/h1-2,10-11H,5-9,13H2. The van der Waals surface area contributed by atoms with Crippen LogP contribution in [0.15, 0.2) is 0 Å². The van der Waals surface area contributed by atoms with Crippen molar-refractivity contribution in [1.82, 2.24) is 4.90 Å². The molecule has 0 aromatic carbocycles. The number of terminal acetylenes is 2. The van der Waals surface area contributed by atoms with Gasteiger partial charge in [-0.2, -0.15) is 0 Å². The SMILES string of the molecule is C#CCC(N)C(=O)N(CC#C)C1CCS(=O)(=O)C1. The van der Waals surface area contributed by atoms with Gasteiger partial charge in [0.05, 0.1) is 24.1 Å². The number of carbonyl (C=O) groups excluding carboxylic acids is 1. The van der Waals surface area contributed by atoms with E-state index in [4.69, 9.17) is 18.6 Å². The second-order valence-corrected chi connectivity index (χ2v) is 6.47. The van der Waals surface area contributed by atoms with E-state index in [9.17, 15) is 13.2 Å². The Kier molecular flexibility index (Phi) is 4.77. The number of carbonyl (C=O) groups is 1. The van der Waals surface area contributed by atoms with Crippen LogP contribution in [0.25, 0.3) is 0 Å². The van der Waals surface area contributed by atoms with E-state index in [1.54, 1.807) is 0 Å². The highest BCUT2D eigenvalue weighted by molar-refractivity contribution is 7.91. The lowest BCUT2D eigenvalue weighted by molar-refractivity contribution is -0.133. The Morgan fingerprint density at radius 3 is 2.56 bits per heavy atom. The zero-order valence-corrected chi connectivity index (χ0v) is 10.8. The van der Waals surface area contributed by atoms with Crippen LogP contribution < -0.4 is 5.73 Å². The zero-order valence-electron chi connectivity index (χ0n) is 10.0. The second kappa shape index (κ2) is 5.90. The van der Waals surface area contributed by atoms with Crippen LogP contribution in [0.1, 0.15) is 12.8 Å². The third-order valence-corrected chi connectivity index (χ3v) is 4.60. The molecule has 0 aliphatic carbocycles. The van der Waals surface area contributed by atoms with E-state index >= 15 is 0 Å². The quantitative estimate of drug-likeness (QED) is 0.662. The molecule has 0 aromatic heterocycles. The summed E-state index contributed by atoms with van der Waals surface area (Å²) in [5.74, 6) is 4.31. The molecule has 1 heterocycles. The van der Waals surface area contributed by atoms with E-state index in [1.807, 2.05) is 0 Å². The minimum absolute atomic E-state index is 0.0524. The Hall–Kier alpha value is -1.50. The van der Waals surface area contributed by atoms with Crippen LogP contribution in [0.3, 0.4) is 0 Å². The van der Waals surface area contributed by atoms with E-state index in [0.29, 0.717) is 6.42 Å². The summed E-state index contributed by atoms with van der Waals surface area (Å²) in [6.07, 6.45) is 10.8. The Bertz CT molecular complexity index is 498. The van der Waals surface area contributed by atoms with Crippen molar-refractivity contribution >= 4 is 15.7 Å². The number of hydrogen-bond donors (Lipinski definition) is 1. The van der Waals surface area contributed by atoms with Gasteiger partial charge >= 0.3 is 0 Å². The third-order valence-electron chi connectivity index (χ3n) is 2.85. The maximum absolute atomic E-state index is 12.0. The average molecular weight is 268 g/mol. The molecule has 6 heteroatoms. The fourth-order valence-electron chi connectivity index (χ4n) is 1.93. The van der Waals surface area contributed by atoms with Gasteiger partial charge in [0.1, 0.15) is 0 Å². The fourth-order valence-corrected chi connectivity index (χ4v) is 3.66. The summed E-state index contributed by atoms with van der Waals surface area (Å²) >= 11 is 0. The number of rotatable bonds is 4. The first kappa shape index (κ1) is 14.6. The van der Waals surface area contributed by atoms with Gasteiger partial charge in [0.15, 0.2) is 9.84 Å². The molecule has 2 unspecified atom stereocenters. The Morgan fingerprint density at radius 2 is 2.11 bits per heavy atom. The zero-order chi connectivity index (χ0) is 13.8. The highest BCUT2D eigenvalue weighted by Crippen LogP contribution is 2.18. The normalized spacial score (nSPS) is 22.7. The van der Waals surface area contributed by atoms with Gasteiger partial charge in [-0.1, -0.05) is 5.92 Å². The van der Waals surface area contributed by atoms with Crippen LogP contribution in [0.4, 0.5) is 0 Å². The minimum atomic E-state index is -3.07. The smallest absolute Gasteiger partial charge is 0.241 e. The number of amides is 1. The van der Waals surface area contributed by atoms with Crippen LogP contribution in [0, 0.1) is 24.7 Å². The van der Waals surface area contributed by atoms with Gasteiger partial charge in [0.25, 0.3) is 0 Å². The lowest BCUT2D eigenvalue weighted by Crippen LogP contribution is -2.49. The number of nitrogens with zero attached hydrogens (tertiary/aromatic N) is 1. The molecule has 0 spiro atoms. The molecule has 0 aromatic rings. The third kappa shape index (κ3) is 3.49. The van der Waals surface area contributed by atoms with Crippen molar-refractivity contribution in [2.45, 2.75) is 24.9 Å². The average Bonchev–Trinajstić information content (AvgIpc) is 2.66. The van der Waals surface area contributed by atoms with Gasteiger partial charge < -0.3 is 10.6 Å². The molecule has 1 aliphatic heterocycles. The van der Waals surface area contributed by atoms with Crippen molar-refractivity contribution in [3.8, 4) is 24.7 Å². The van der Waals surface area contributed by atoms with Crippen LogP contribution >= 0.6 is 0 Å². The van der Waals surface area contributed by atoms with Crippen molar-refractivity contribution in [2.24, 2.45) is 5.73 Å². The molecular weight excluding hydrogens is 252 g/mol. The van der Waals surface area contributed by atoms with Crippen molar-refractivity contribution in [2.75, 3.05) is 18.1 Å². The topological polar surface area (TPSA) is 80.5 Å². The van der Waals surface area contributed by atoms with E-state index in [-0.39, 0.29) is 36.4 Å². The molecule has 1 amide bonds. The van der Waals surface area contributed by atoms with E-state index < -0.39 is 15.9 Å². The summed E-state index contributed by atoms with van der Waals surface area (Å²) in [4.78, 5) is 13.4. The van der Waals surface area contributed by atoms with Gasteiger partial charge in [-0.15, -0.1) is 18.8 Å². The van der Waals surface area contributed by atoms with Crippen molar-refractivity contribution < 1.29 is 13.2 Å². The number of sulfone groups is 1. The number of nitrogens with two attached hydrogens (primary N) is 1. The molecule has 0 bridgehead atoms. The molecule has 0 radical (unpaired) electrons. The molecule has 1 rings (SSSR count). The molecule has 1 saturated heterocycles. The summed E-state index contributed by atoms with van der Waals surface area (Å²) < 4.78 is 22.8. The second-order valence-electron chi connectivity index (χ2n) is 4.24. The lowest BCUT2D eigenvalue weighted by Gasteiger charge is -2.28. The van der Waals surface area contributed by atoms with Crippen LogP contribution in [0.5, 0.6) is 0 Å². The molecule has 5 nitrogen and oxygen atoms in total. The maximum atomic E-state index is 12.0. The van der Waals surface area contributed by atoms with Crippen LogP contribution in [0.2, 0.25) is 0 Å². The largest absolute Gasteiger partial charge is 0.326 e. The minimum Gasteiger partial charge on any atom is -0.326 e. The van der Waals surface area contributed by atoms with Crippen molar-refractivity contribution in [1.29, 1.82) is 0 Å². The molecule has 1 fully saturated rings. The number of hydrogen-bond acceptors (Lipinski definition) is 4. The Balaban J connectivity index is 2.81. The molecule has 98 valence electrons. The first-order chi connectivity index (χ1) is 8.41. The summed E-state index contributed by atoms with van der Waals surface area (Å²) in [7, 11) is -3.07. The van der Waals surface area contributed by atoms with Crippen LogP contribution in [-0.2, 0) is 14.6 Å². The highest BCUT2D eigenvalue weighted by atomic mass is 32.2. The summed E-state index contributed by atoms with van der Waals surface area (Å²) in [6.45, 7) is 0.0529. The Morgan fingerprint density at radius 1 is 1.44 bits per heavy atom.